The first-order chi connectivity index (χ1) is 17.5. The van der Waals surface area contributed by atoms with Gasteiger partial charge < -0.3 is 20.6 Å². The van der Waals surface area contributed by atoms with Crippen LogP contribution in [-0.4, -0.2) is 42.5 Å². The van der Waals surface area contributed by atoms with Crippen molar-refractivity contribution < 1.29 is 19.5 Å². The number of carbonyl (C=O) groups is 3. The molecule has 186 valence electrons. The van der Waals surface area contributed by atoms with E-state index in [1.54, 1.807) is 24.3 Å². The minimum absolute atomic E-state index is 0.161. The number of carboxylic acids is 1. The Hall–Kier alpha value is -4.13. The standard InChI is InChI=1S/C29H31N3O4/c1-2-30-28(34)26(20-11-13-22(14-12-20)29(35)36)24-19-23(31-27(33)21-9-5-3-6-10-21)15-16-25(24)32-17-7-4-8-18-32/h3,5-6,9-16,19,26H,2,4,7-8,17-18H2,1H3,(H,30,34)(H,31,33)(H,35,36). The fraction of sp³-hybridized carbons (Fsp3) is 0.276. The number of hydrogen-bond acceptors (Lipinski definition) is 4. The second-order valence-electron chi connectivity index (χ2n) is 8.90. The maximum Gasteiger partial charge on any atom is 0.335 e. The summed E-state index contributed by atoms with van der Waals surface area (Å²) in [5.74, 6) is -2.09. The normalized spacial score (nSPS) is 14.1. The zero-order valence-electron chi connectivity index (χ0n) is 20.4. The number of aromatic carboxylic acids is 1. The molecule has 0 aliphatic carbocycles. The molecule has 3 aromatic carbocycles. The predicted octanol–water partition coefficient (Wildman–Crippen LogP) is 4.90. The van der Waals surface area contributed by atoms with E-state index >= 15 is 0 Å². The van der Waals surface area contributed by atoms with Crippen LogP contribution in [0.4, 0.5) is 11.4 Å². The van der Waals surface area contributed by atoms with Gasteiger partial charge in [-0.2, -0.15) is 0 Å². The summed E-state index contributed by atoms with van der Waals surface area (Å²) in [6.45, 7) is 4.11. The van der Waals surface area contributed by atoms with Crippen molar-refractivity contribution in [3.05, 3.63) is 95.1 Å². The lowest BCUT2D eigenvalue weighted by atomic mass is 9.87. The Balaban J connectivity index is 1.78. The van der Waals surface area contributed by atoms with E-state index in [2.05, 4.69) is 15.5 Å². The molecule has 1 unspecified atom stereocenters. The van der Waals surface area contributed by atoms with Crippen molar-refractivity contribution in [3.8, 4) is 0 Å². The van der Waals surface area contributed by atoms with Crippen LogP contribution in [-0.2, 0) is 4.79 Å². The summed E-state index contributed by atoms with van der Waals surface area (Å²) in [7, 11) is 0. The van der Waals surface area contributed by atoms with E-state index in [0.717, 1.165) is 37.2 Å². The molecular weight excluding hydrogens is 454 g/mol. The monoisotopic (exact) mass is 485 g/mol. The van der Waals surface area contributed by atoms with Gasteiger partial charge in [0, 0.05) is 36.6 Å². The van der Waals surface area contributed by atoms with E-state index in [1.165, 1.54) is 18.6 Å². The molecule has 0 bridgehead atoms. The van der Waals surface area contributed by atoms with Gasteiger partial charge in [-0.15, -0.1) is 0 Å². The van der Waals surface area contributed by atoms with Crippen LogP contribution < -0.4 is 15.5 Å². The van der Waals surface area contributed by atoms with Gasteiger partial charge in [0.1, 0.15) is 0 Å². The first-order valence-electron chi connectivity index (χ1n) is 12.3. The Morgan fingerprint density at radius 1 is 0.889 bits per heavy atom. The third-order valence-corrected chi connectivity index (χ3v) is 6.43. The van der Waals surface area contributed by atoms with Crippen LogP contribution in [0.5, 0.6) is 0 Å². The molecule has 3 N–H and O–H groups in total. The maximum absolute atomic E-state index is 13.4. The van der Waals surface area contributed by atoms with Crippen LogP contribution in [0.2, 0.25) is 0 Å². The fourth-order valence-corrected chi connectivity index (χ4v) is 4.65. The van der Waals surface area contributed by atoms with Crippen molar-refractivity contribution >= 4 is 29.2 Å². The summed E-state index contributed by atoms with van der Waals surface area (Å²) in [5, 5.41) is 15.2. The topological polar surface area (TPSA) is 98.7 Å². The van der Waals surface area contributed by atoms with Crippen LogP contribution in [0.1, 0.15) is 63.9 Å². The number of likely N-dealkylation sites (N-methyl/N-ethyl adjacent to an activating group) is 1. The van der Waals surface area contributed by atoms with Crippen molar-refractivity contribution in [1.29, 1.82) is 0 Å². The fourth-order valence-electron chi connectivity index (χ4n) is 4.65. The Kier molecular flexibility index (Phi) is 8.00. The Morgan fingerprint density at radius 3 is 2.22 bits per heavy atom. The summed E-state index contributed by atoms with van der Waals surface area (Å²) in [4.78, 5) is 39.9. The highest BCUT2D eigenvalue weighted by Crippen LogP contribution is 2.36. The van der Waals surface area contributed by atoms with Gasteiger partial charge in [0.2, 0.25) is 5.91 Å². The highest BCUT2D eigenvalue weighted by atomic mass is 16.4. The van der Waals surface area contributed by atoms with Crippen molar-refractivity contribution in [2.75, 3.05) is 29.9 Å². The van der Waals surface area contributed by atoms with Gasteiger partial charge in [-0.25, -0.2) is 4.79 Å². The number of anilines is 2. The summed E-state index contributed by atoms with van der Waals surface area (Å²) >= 11 is 0. The maximum atomic E-state index is 13.4. The molecule has 1 heterocycles. The molecule has 7 nitrogen and oxygen atoms in total. The number of nitrogens with zero attached hydrogens (tertiary/aromatic N) is 1. The Labute approximate surface area is 211 Å². The summed E-state index contributed by atoms with van der Waals surface area (Å²) in [6, 6.07) is 21.1. The quantitative estimate of drug-likeness (QED) is 0.422. The zero-order valence-corrected chi connectivity index (χ0v) is 20.4. The Morgan fingerprint density at radius 2 is 1.58 bits per heavy atom. The second kappa shape index (κ2) is 11.5. The molecule has 0 radical (unpaired) electrons. The van der Waals surface area contributed by atoms with Crippen LogP contribution in [0.25, 0.3) is 0 Å². The second-order valence-corrected chi connectivity index (χ2v) is 8.90. The highest BCUT2D eigenvalue weighted by molar-refractivity contribution is 6.04. The minimum Gasteiger partial charge on any atom is -0.478 e. The lowest BCUT2D eigenvalue weighted by Crippen LogP contribution is -2.34. The van der Waals surface area contributed by atoms with E-state index in [-0.39, 0.29) is 17.4 Å². The SMILES string of the molecule is CCNC(=O)C(c1ccc(C(=O)O)cc1)c1cc(NC(=O)c2ccccc2)ccc1N1CCCCC1. The van der Waals surface area contributed by atoms with Gasteiger partial charge in [-0.05, 0) is 79.8 Å². The van der Waals surface area contributed by atoms with E-state index in [9.17, 15) is 19.5 Å². The average Bonchev–Trinajstić information content (AvgIpc) is 2.90. The van der Waals surface area contributed by atoms with E-state index in [1.807, 2.05) is 43.3 Å². The average molecular weight is 486 g/mol. The molecule has 36 heavy (non-hydrogen) atoms. The molecule has 1 aliphatic rings. The Bertz CT molecular complexity index is 1220. The van der Waals surface area contributed by atoms with Gasteiger partial charge in [0.25, 0.3) is 5.91 Å². The number of piperidine rings is 1. The number of nitrogens with one attached hydrogen (secondary N) is 2. The number of amides is 2. The van der Waals surface area contributed by atoms with Gasteiger partial charge in [0.05, 0.1) is 11.5 Å². The molecular formula is C29H31N3O4. The molecule has 4 rings (SSSR count). The lowest BCUT2D eigenvalue weighted by molar-refractivity contribution is -0.121. The molecule has 0 saturated carbocycles. The summed E-state index contributed by atoms with van der Waals surface area (Å²) < 4.78 is 0. The smallest absolute Gasteiger partial charge is 0.335 e. The van der Waals surface area contributed by atoms with Crippen molar-refractivity contribution in [2.24, 2.45) is 0 Å². The first-order valence-corrected chi connectivity index (χ1v) is 12.3. The van der Waals surface area contributed by atoms with Crippen LogP contribution >= 0.6 is 0 Å². The summed E-state index contributed by atoms with van der Waals surface area (Å²) in [5.41, 5.74) is 3.71. The van der Waals surface area contributed by atoms with Crippen LogP contribution in [0, 0.1) is 0 Å². The van der Waals surface area contributed by atoms with Crippen LogP contribution in [0.3, 0.4) is 0 Å². The molecule has 7 heteroatoms. The molecule has 1 aliphatic heterocycles. The molecule has 0 spiro atoms. The summed E-state index contributed by atoms with van der Waals surface area (Å²) in [6.07, 6.45) is 3.32. The number of carboxylic acid groups (broad SMARTS) is 1. The van der Waals surface area contributed by atoms with Crippen molar-refractivity contribution in [3.63, 3.8) is 0 Å². The van der Waals surface area contributed by atoms with E-state index < -0.39 is 11.9 Å². The molecule has 1 fully saturated rings. The van der Waals surface area contributed by atoms with E-state index in [4.69, 9.17) is 0 Å². The third-order valence-electron chi connectivity index (χ3n) is 6.43. The van der Waals surface area contributed by atoms with E-state index in [0.29, 0.717) is 23.4 Å². The molecule has 3 aromatic rings. The van der Waals surface area contributed by atoms with Crippen molar-refractivity contribution in [1.82, 2.24) is 5.32 Å². The van der Waals surface area contributed by atoms with Gasteiger partial charge >= 0.3 is 5.97 Å². The molecule has 1 atom stereocenters. The number of rotatable bonds is 8. The number of hydrogen-bond donors (Lipinski definition) is 3. The highest BCUT2D eigenvalue weighted by Gasteiger charge is 2.28. The largest absolute Gasteiger partial charge is 0.478 e. The van der Waals surface area contributed by atoms with Gasteiger partial charge in [-0.1, -0.05) is 30.3 Å². The molecule has 1 saturated heterocycles. The number of benzene rings is 3. The van der Waals surface area contributed by atoms with Crippen LogP contribution in [0.15, 0.2) is 72.8 Å². The lowest BCUT2D eigenvalue weighted by Gasteiger charge is -2.33. The third kappa shape index (κ3) is 5.74. The minimum atomic E-state index is -1.02. The van der Waals surface area contributed by atoms with Gasteiger partial charge in [0.15, 0.2) is 0 Å². The number of carbonyl (C=O) groups excluding carboxylic acids is 2. The van der Waals surface area contributed by atoms with Crippen molar-refractivity contribution in [2.45, 2.75) is 32.1 Å². The molecule has 0 aromatic heterocycles. The predicted molar refractivity (Wildman–Crippen MR) is 141 cm³/mol. The first kappa shape index (κ1) is 25.0. The zero-order chi connectivity index (χ0) is 25.5. The molecule has 2 amide bonds. The van der Waals surface area contributed by atoms with Gasteiger partial charge in [-0.3, -0.25) is 9.59 Å².